The van der Waals surface area contributed by atoms with Crippen LogP contribution in [0.5, 0.6) is 0 Å². The molecule has 0 atom stereocenters. The molecule has 2 aromatic rings. The van der Waals surface area contributed by atoms with Crippen LogP contribution in [0.25, 0.3) is 0 Å². The smallest absolute Gasteiger partial charge is 0.0597 e. The normalized spacial score (nSPS) is 10.7. The Morgan fingerprint density at radius 1 is 1.24 bits per heavy atom. The van der Waals surface area contributed by atoms with Crippen molar-refractivity contribution in [2.45, 2.75) is 33.5 Å². The van der Waals surface area contributed by atoms with Crippen molar-refractivity contribution in [3.63, 3.8) is 0 Å². The Morgan fingerprint density at radius 2 is 2.00 bits per heavy atom. The average Bonchev–Trinajstić information content (AvgIpc) is 2.71. The summed E-state index contributed by atoms with van der Waals surface area (Å²) >= 11 is 0. The predicted octanol–water partition coefficient (Wildman–Crippen LogP) is 1.90. The largest absolute Gasteiger partial charge is 0.307 e. The minimum absolute atomic E-state index is 0.844. The molecule has 0 aliphatic rings. The Kier molecular flexibility index (Phi) is 3.88. The van der Waals surface area contributed by atoms with Crippen molar-refractivity contribution in [2.75, 3.05) is 0 Å². The van der Waals surface area contributed by atoms with E-state index in [9.17, 15) is 0 Å². The molecule has 1 N–H and O–H groups in total. The summed E-state index contributed by atoms with van der Waals surface area (Å²) in [4.78, 5) is 4.00. The molecule has 0 radical (unpaired) electrons. The molecule has 4 nitrogen and oxygen atoms in total. The van der Waals surface area contributed by atoms with E-state index in [1.165, 1.54) is 11.3 Å². The van der Waals surface area contributed by atoms with Crippen molar-refractivity contribution in [2.24, 2.45) is 0 Å². The molecular formula is C13H18N4. The van der Waals surface area contributed by atoms with Crippen molar-refractivity contribution < 1.29 is 0 Å². The third-order valence-corrected chi connectivity index (χ3v) is 2.67. The van der Waals surface area contributed by atoms with E-state index in [1.807, 2.05) is 36.1 Å². The molecule has 4 heteroatoms. The van der Waals surface area contributed by atoms with E-state index in [-0.39, 0.29) is 0 Å². The maximum Gasteiger partial charge on any atom is 0.0597 e. The molecule has 0 spiro atoms. The first-order valence-corrected chi connectivity index (χ1v) is 5.92. The van der Waals surface area contributed by atoms with Crippen LogP contribution in [0.1, 0.15) is 23.9 Å². The van der Waals surface area contributed by atoms with E-state index >= 15 is 0 Å². The zero-order chi connectivity index (χ0) is 12.1. The lowest BCUT2D eigenvalue weighted by Crippen LogP contribution is -2.16. The zero-order valence-electron chi connectivity index (χ0n) is 10.3. The van der Waals surface area contributed by atoms with E-state index in [2.05, 4.69) is 28.4 Å². The molecule has 0 bridgehead atoms. The van der Waals surface area contributed by atoms with Gasteiger partial charge in [0, 0.05) is 32.0 Å². The van der Waals surface area contributed by atoms with Gasteiger partial charge in [0.15, 0.2) is 0 Å². The minimum atomic E-state index is 0.844. The minimum Gasteiger partial charge on any atom is -0.307 e. The summed E-state index contributed by atoms with van der Waals surface area (Å²) in [5, 5.41) is 7.84. The highest BCUT2D eigenvalue weighted by Gasteiger charge is 2.02. The number of aryl methyl sites for hydroxylation is 2. The van der Waals surface area contributed by atoms with Crippen LogP contribution in [0, 0.1) is 6.92 Å². The Morgan fingerprint density at radius 3 is 2.71 bits per heavy atom. The topological polar surface area (TPSA) is 42.7 Å². The summed E-state index contributed by atoms with van der Waals surface area (Å²) < 4.78 is 2.04. The van der Waals surface area contributed by atoms with E-state index in [4.69, 9.17) is 0 Å². The van der Waals surface area contributed by atoms with Gasteiger partial charge in [-0.3, -0.25) is 9.67 Å². The monoisotopic (exact) mass is 230 g/mol. The lowest BCUT2D eigenvalue weighted by atomic mass is 10.2. The number of hydrogen-bond donors (Lipinski definition) is 1. The van der Waals surface area contributed by atoms with Gasteiger partial charge < -0.3 is 5.32 Å². The number of nitrogens with zero attached hydrogens (tertiary/aromatic N) is 3. The van der Waals surface area contributed by atoms with Crippen molar-refractivity contribution in [3.05, 3.63) is 47.5 Å². The quantitative estimate of drug-likeness (QED) is 0.853. The lowest BCUT2D eigenvalue weighted by Gasteiger charge is -2.06. The molecule has 0 aliphatic carbocycles. The Labute approximate surface area is 102 Å². The van der Waals surface area contributed by atoms with Gasteiger partial charge in [-0.25, -0.2) is 0 Å². The predicted molar refractivity (Wildman–Crippen MR) is 67.4 cm³/mol. The SMILES string of the molecule is CCn1nc(C)cc1CNCc1ccncc1. The van der Waals surface area contributed by atoms with Crippen molar-refractivity contribution in [3.8, 4) is 0 Å². The van der Waals surface area contributed by atoms with Crippen molar-refractivity contribution >= 4 is 0 Å². The fourth-order valence-electron chi connectivity index (χ4n) is 1.85. The number of aromatic nitrogens is 3. The second-order valence-electron chi connectivity index (χ2n) is 4.05. The number of rotatable bonds is 5. The highest BCUT2D eigenvalue weighted by molar-refractivity contribution is 5.11. The van der Waals surface area contributed by atoms with Crippen molar-refractivity contribution in [1.29, 1.82) is 0 Å². The summed E-state index contributed by atoms with van der Waals surface area (Å²) in [5.41, 5.74) is 3.56. The van der Waals surface area contributed by atoms with Crippen LogP contribution in [0.4, 0.5) is 0 Å². The standard InChI is InChI=1S/C13H18N4/c1-3-17-13(8-11(2)16-17)10-15-9-12-4-6-14-7-5-12/h4-8,15H,3,9-10H2,1-2H3. The molecule has 2 heterocycles. The summed E-state index contributed by atoms with van der Waals surface area (Å²) in [6.45, 7) is 6.75. The first-order chi connectivity index (χ1) is 8.29. The fraction of sp³-hybridized carbons (Fsp3) is 0.385. The molecule has 2 aromatic heterocycles. The maximum absolute atomic E-state index is 4.42. The van der Waals surface area contributed by atoms with Gasteiger partial charge in [-0.1, -0.05) is 0 Å². The van der Waals surface area contributed by atoms with Crippen LogP contribution in [0.3, 0.4) is 0 Å². The van der Waals surface area contributed by atoms with Crippen LogP contribution >= 0.6 is 0 Å². The maximum atomic E-state index is 4.42. The van der Waals surface area contributed by atoms with Gasteiger partial charge in [-0.05, 0) is 37.6 Å². The van der Waals surface area contributed by atoms with Gasteiger partial charge in [0.1, 0.15) is 0 Å². The van der Waals surface area contributed by atoms with Gasteiger partial charge in [-0.2, -0.15) is 5.10 Å². The highest BCUT2D eigenvalue weighted by Crippen LogP contribution is 2.04. The molecule has 0 unspecified atom stereocenters. The second kappa shape index (κ2) is 5.59. The first kappa shape index (κ1) is 11.8. The van der Waals surface area contributed by atoms with Crippen LogP contribution in [0.15, 0.2) is 30.6 Å². The van der Waals surface area contributed by atoms with Crippen LogP contribution < -0.4 is 5.32 Å². The lowest BCUT2D eigenvalue weighted by molar-refractivity contribution is 0.579. The third kappa shape index (κ3) is 3.14. The molecule has 2 rings (SSSR count). The molecule has 90 valence electrons. The molecular weight excluding hydrogens is 212 g/mol. The summed E-state index contributed by atoms with van der Waals surface area (Å²) in [6.07, 6.45) is 3.63. The van der Waals surface area contributed by atoms with Gasteiger partial charge in [-0.15, -0.1) is 0 Å². The van der Waals surface area contributed by atoms with Gasteiger partial charge in [0.2, 0.25) is 0 Å². The molecule has 0 aromatic carbocycles. The average molecular weight is 230 g/mol. The Bertz CT molecular complexity index is 462. The molecule has 0 saturated heterocycles. The molecule has 0 amide bonds. The molecule has 0 aliphatic heterocycles. The van der Waals surface area contributed by atoms with Gasteiger partial charge >= 0.3 is 0 Å². The van der Waals surface area contributed by atoms with Gasteiger partial charge in [0.25, 0.3) is 0 Å². The Balaban J connectivity index is 1.90. The number of hydrogen-bond acceptors (Lipinski definition) is 3. The second-order valence-corrected chi connectivity index (χ2v) is 4.05. The Hall–Kier alpha value is -1.68. The van der Waals surface area contributed by atoms with E-state index in [0.717, 1.165) is 25.3 Å². The number of pyridine rings is 1. The molecule has 0 saturated carbocycles. The first-order valence-electron chi connectivity index (χ1n) is 5.92. The summed E-state index contributed by atoms with van der Waals surface area (Å²) in [7, 11) is 0. The molecule has 17 heavy (non-hydrogen) atoms. The van der Waals surface area contributed by atoms with Crippen LogP contribution in [0.2, 0.25) is 0 Å². The van der Waals surface area contributed by atoms with Crippen molar-refractivity contribution in [1.82, 2.24) is 20.1 Å². The van der Waals surface area contributed by atoms with E-state index < -0.39 is 0 Å². The number of nitrogens with one attached hydrogen (secondary N) is 1. The van der Waals surface area contributed by atoms with E-state index in [0.29, 0.717) is 0 Å². The molecule has 0 fully saturated rings. The van der Waals surface area contributed by atoms with Crippen LogP contribution in [-0.4, -0.2) is 14.8 Å². The summed E-state index contributed by atoms with van der Waals surface area (Å²) in [6, 6.07) is 6.17. The fourth-order valence-corrected chi connectivity index (χ4v) is 1.85. The van der Waals surface area contributed by atoms with Crippen LogP contribution in [-0.2, 0) is 19.6 Å². The summed E-state index contributed by atoms with van der Waals surface area (Å²) in [5.74, 6) is 0. The zero-order valence-corrected chi connectivity index (χ0v) is 10.3. The highest BCUT2D eigenvalue weighted by atomic mass is 15.3. The third-order valence-electron chi connectivity index (χ3n) is 2.67. The van der Waals surface area contributed by atoms with Gasteiger partial charge in [0.05, 0.1) is 11.4 Å². The van der Waals surface area contributed by atoms with E-state index in [1.54, 1.807) is 0 Å².